The van der Waals surface area contributed by atoms with Crippen molar-refractivity contribution in [3.8, 4) is 17.2 Å². The first-order chi connectivity index (χ1) is 14.4. The number of hydrogen-bond donors (Lipinski definition) is 1. The maximum Gasteiger partial charge on any atom is 0.336 e. The van der Waals surface area contributed by atoms with Crippen LogP contribution in [-0.2, 0) is 4.79 Å². The zero-order valence-electron chi connectivity index (χ0n) is 15.9. The third-order valence-electron chi connectivity index (χ3n) is 3.93. The fraction of sp³-hybridized carbons (Fsp3) is 0.0435. The standard InChI is InChI=1S/C23H17BrClNO4/c1-29-21-13-16(14-26-18-6-8-19(27)9-7-18)12-20(24)23(21)30-22(28)10-5-15-3-2-4-17(25)11-15/h2-14,27H,1H3/b10-5?,26-14+. The third-order valence-corrected chi connectivity index (χ3v) is 4.75. The first-order valence-corrected chi connectivity index (χ1v) is 9.98. The van der Waals surface area contributed by atoms with Crippen molar-refractivity contribution < 1.29 is 19.4 Å². The summed E-state index contributed by atoms with van der Waals surface area (Å²) in [6.07, 6.45) is 4.58. The number of benzene rings is 3. The van der Waals surface area contributed by atoms with E-state index in [1.54, 1.807) is 66.9 Å². The van der Waals surface area contributed by atoms with E-state index in [1.165, 1.54) is 13.2 Å². The maximum atomic E-state index is 12.2. The van der Waals surface area contributed by atoms with E-state index in [-0.39, 0.29) is 11.5 Å². The lowest BCUT2D eigenvalue weighted by atomic mass is 10.2. The van der Waals surface area contributed by atoms with Gasteiger partial charge in [-0.1, -0.05) is 23.7 Å². The van der Waals surface area contributed by atoms with Crippen molar-refractivity contribution in [2.24, 2.45) is 4.99 Å². The van der Waals surface area contributed by atoms with Crippen LogP contribution in [0.15, 0.2) is 76.2 Å². The Bertz CT molecular complexity index is 1110. The van der Waals surface area contributed by atoms with Gasteiger partial charge in [-0.05, 0) is 81.7 Å². The lowest BCUT2D eigenvalue weighted by Crippen LogP contribution is -2.06. The molecule has 0 saturated carbocycles. The van der Waals surface area contributed by atoms with E-state index >= 15 is 0 Å². The molecule has 0 amide bonds. The third kappa shape index (κ3) is 5.95. The highest BCUT2D eigenvalue weighted by Crippen LogP contribution is 2.36. The molecule has 0 heterocycles. The number of hydrogen-bond acceptors (Lipinski definition) is 5. The monoisotopic (exact) mass is 485 g/mol. The second-order valence-electron chi connectivity index (χ2n) is 6.12. The van der Waals surface area contributed by atoms with E-state index in [0.29, 0.717) is 20.9 Å². The summed E-state index contributed by atoms with van der Waals surface area (Å²) in [5, 5.41) is 9.92. The summed E-state index contributed by atoms with van der Waals surface area (Å²) in [5.41, 5.74) is 2.21. The van der Waals surface area contributed by atoms with Crippen LogP contribution < -0.4 is 9.47 Å². The van der Waals surface area contributed by atoms with Crippen molar-refractivity contribution in [3.05, 3.63) is 87.4 Å². The van der Waals surface area contributed by atoms with Gasteiger partial charge in [0.05, 0.1) is 17.3 Å². The van der Waals surface area contributed by atoms with Gasteiger partial charge in [0.25, 0.3) is 0 Å². The topological polar surface area (TPSA) is 68.1 Å². The number of halogens is 2. The Hall–Kier alpha value is -3.09. The number of carbonyl (C=O) groups is 1. The molecule has 1 N–H and O–H groups in total. The van der Waals surface area contributed by atoms with Crippen molar-refractivity contribution >= 4 is 51.5 Å². The van der Waals surface area contributed by atoms with Gasteiger partial charge < -0.3 is 14.6 Å². The molecule has 0 fully saturated rings. The Morgan fingerprint density at radius 2 is 1.87 bits per heavy atom. The molecule has 3 aromatic carbocycles. The molecule has 152 valence electrons. The van der Waals surface area contributed by atoms with Crippen molar-refractivity contribution in [1.29, 1.82) is 0 Å². The molecule has 0 aliphatic rings. The van der Waals surface area contributed by atoms with Crippen molar-refractivity contribution in [3.63, 3.8) is 0 Å². The van der Waals surface area contributed by atoms with Crippen LogP contribution in [0.3, 0.4) is 0 Å². The van der Waals surface area contributed by atoms with Gasteiger partial charge in [0.1, 0.15) is 5.75 Å². The highest BCUT2D eigenvalue weighted by molar-refractivity contribution is 9.10. The van der Waals surface area contributed by atoms with Crippen LogP contribution >= 0.6 is 27.5 Å². The van der Waals surface area contributed by atoms with Gasteiger partial charge in [-0.3, -0.25) is 4.99 Å². The predicted molar refractivity (Wildman–Crippen MR) is 122 cm³/mol. The number of carbonyl (C=O) groups excluding carboxylic acids is 1. The zero-order valence-corrected chi connectivity index (χ0v) is 18.2. The van der Waals surface area contributed by atoms with Crippen LogP contribution in [0, 0.1) is 0 Å². The number of ether oxygens (including phenoxy) is 2. The second-order valence-corrected chi connectivity index (χ2v) is 7.41. The molecule has 0 bridgehead atoms. The van der Waals surface area contributed by atoms with E-state index in [2.05, 4.69) is 20.9 Å². The fourth-order valence-electron chi connectivity index (χ4n) is 2.51. The molecule has 0 spiro atoms. The second kappa shape index (κ2) is 10.1. The Labute approximate surface area is 187 Å². The summed E-state index contributed by atoms with van der Waals surface area (Å²) >= 11 is 9.36. The summed E-state index contributed by atoms with van der Waals surface area (Å²) in [4.78, 5) is 16.6. The van der Waals surface area contributed by atoms with Gasteiger partial charge in [0.2, 0.25) is 0 Å². The lowest BCUT2D eigenvalue weighted by molar-refractivity contribution is -0.129. The van der Waals surface area contributed by atoms with Gasteiger partial charge in [-0.15, -0.1) is 0 Å². The molecule has 7 heteroatoms. The van der Waals surface area contributed by atoms with Crippen LogP contribution in [0.5, 0.6) is 17.2 Å². The molecule has 0 saturated heterocycles. The minimum absolute atomic E-state index is 0.175. The Kier molecular flexibility index (Phi) is 7.27. The van der Waals surface area contributed by atoms with Crippen LogP contribution in [0.1, 0.15) is 11.1 Å². The van der Waals surface area contributed by atoms with Crippen molar-refractivity contribution in [2.75, 3.05) is 7.11 Å². The number of aliphatic imine (C=N–C) groups is 1. The Balaban J connectivity index is 1.76. The van der Waals surface area contributed by atoms with Gasteiger partial charge in [0.15, 0.2) is 11.5 Å². The van der Waals surface area contributed by atoms with Crippen molar-refractivity contribution in [1.82, 2.24) is 0 Å². The quantitative estimate of drug-likeness (QED) is 0.195. The molecule has 3 rings (SSSR count). The van der Waals surface area contributed by atoms with E-state index in [4.69, 9.17) is 21.1 Å². The predicted octanol–water partition coefficient (Wildman–Crippen LogP) is 6.19. The molecule has 0 aliphatic carbocycles. The molecular formula is C23H17BrClNO4. The molecule has 0 radical (unpaired) electrons. The average molecular weight is 487 g/mol. The number of phenolic OH excluding ortho intramolecular Hbond substituents is 1. The average Bonchev–Trinajstić information content (AvgIpc) is 2.73. The van der Waals surface area contributed by atoms with E-state index in [9.17, 15) is 9.90 Å². The van der Waals surface area contributed by atoms with Gasteiger partial charge in [-0.25, -0.2) is 4.79 Å². The van der Waals surface area contributed by atoms with E-state index in [0.717, 1.165) is 11.1 Å². The minimum Gasteiger partial charge on any atom is -0.508 e. The molecule has 0 aliphatic heterocycles. The first-order valence-electron chi connectivity index (χ1n) is 8.80. The summed E-state index contributed by atoms with van der Waals surface area (Å²) in [5.74, 6) is 0.259. The number of esters is 1. The Morgan fingerprint density at radius 1 is 1.10 bits per heavy atom. The maximum absolute atomic E-state index is 12.2. The van der Waals surface area contributed by atoms with E-state index < -0.39 is 5.97 Å². The summed E-state index contributed by atoms with van der Waals surface area (Å²) in [7, 11) is 1.49. The van der Waals surface area contributed by atoms with Gasteiger partial charge >= 0.3 is 5.97 Å². The fourth-order valence-corrected chi connectivity index (χ4v) is 3.25. The molecule has 0 unspecified atom stereocenters. The number of methoxy groups -OCH3 is 1. The zero-order chi connectivity index (χ0) is 21.5. The first kappa shape index (κ1) is 21.6. The number of nitrogens with zero attached hydrogens (tertiary/aromatic N) is 1. The van der Waals surface area contributed by atoms with Gasteiger partial charge in [-0.2, -0.15) is 0 Å². The van der Waals surface area contributed by atoms with Crippen LogP contribution in [-0.4, -0.2) is 24.4 Å². The smallest absolute Gasteiger partial charge is 0.336 e. The number of aromatic hydroxyl groups is 1. The van der Waals surface area contributed by atoms with Crippen LogP contribution in [0.4, 0.5) is 5.69 Å². The molecule has 30 heavy (non-hydrogen) atoms. The van der Waals surface area contributed by atoms with Gasteiger partial charge in [0, 0.05) is 17.3 Å². The summed E-state index contributed by atoms with van der Waals surface area (Å²) in [6.45, 7) is 0. The molecule has 0 aromatic heterocycles. The largest absolute Gasteiger partial charge is 0.508 e. The number of rotatable bonds is 6. The SMILES string of the molecule is COc1cc(/C=N/c2ccc(O)cc2)cc(Br)c1OC(=O)C=Cc1cccc(Cl)c1. The summed E-state index contributed by atoms with van der Waals surface area (Å²) in [6, 6.07) is 17.1. The summed E-state index contributed by atoms with van der Waals surface area (Å²) < 4.78 is 11.4. The molecule has 5 nitrogen and oxygen atoms in total. The highest BCUT2D eigenvalue weighted by Gasteiger charge is 2.14. The minimum atomic E-state index is -0.556. The normalized spacial score (nSPS) is 11.2. The molecule has 3 aromatic rings. The van der Waals surface area contributed by atoms with E-state index in [1.807, 2.05) is 6.07 Å². The number of phenols is 1. The highest BCUT2D eigenvalue weighted by atomic mass is 79.9. The Morgan fingerprint density at radius 3 is 2.57 bits per heavy atom. The van der Waals surface area contributed by atoms with Crippen molar-refractivity contribution in [2.45, 2.75) is 0 Å². The molecule has 0 atom stereocenters. The van der Waals surface area contributed by atoms with Crippen LogP contribution in [0.2, 0.25) is 5.02 Å². The van der Waals surface area contributed by atoms with Crippen LogP contribution in [0.25, 0.3) is 6.08 Å². The lowest BCUT2D eigenvalue weighted by Gasteiger charge is -2.11. The molecular weight excluding hydrogens is 470 g/mol.